The topological polar surface area (TPSA) is 49.3 Å². The predicted octanol–water partition coefficient (Wildman–Crippen LogP) is 3.29. The van der Waals surface area contributed by atoms with Gasteiger partial charge in [-0.25, -0.2) is 4.98 Å². The number of aromatic nitrogens is 1. The van der Waals surface area contributed by atoms with Crippen molar-refractivity contribution in [2.24, 2.45) is 4.99 Å². The average molecular weight is 450 g/mol. The molecule has 0 radical (unpaired) electrons. The Morgan fingerprint density at radius 2 is 1.91 bits per heavy atom. The molecule has 0 saturated carbocycles. The van der Waals surface area contributed by atoms with E-state index in [0.29, 0.717) is 12.5 Å². The molecule has 0 aromatic carbocycles. The Balaban J connectivity index is 0.00000441. The van der Waals surface area contributed by atoms with Crippen molar-refractivity contribution >= 4 is 41.3 Å². The van der Waals surface area contributed by atoms with Gasteiger partial charge in [0.2, 0.25) is 0 Å². The summed E-state index contributed by atoms with van der Waals surface area (Å²) in [6.45, 7) is 4.52. The monoisotopic (exact) mass is 450 g/mol. The van der Waals surface area contributed by atoms with Crippen LogP contribution < -0.4 is 10.6 Å². The fraction of sp³-hybridized carbons (Fsp3) is 0.692. The molecule has 0 aliphatic carbocycles. The molecular weight excluding hydrogens is 428 g/mol. The van der Waals surface area contributed by atoms with E-state index in [9.17, 15) is 13.2 Å². The van der Waals surface area contributed by atoms with Crippen molar-refractivity contribution in [2.75, 3.05) is 20.1 Å². The highest BCUT2D eigenvalue weighted by Gasteiger charge is 2.26. The third kappa shape index (κ3) is 8.16. The van der Waals surface area contributed by atoms with Crippen LogP contribution in [0.5, 0.6) is 0 Å². The molecule has 0 aliphatic rings. The Labute approximate surface area is 150 Å². The summed E-state index contributed by atoms with van der Waals surface area (Å²) < 4.78 is 36.1. The molecule has 0 fully saturated rings. The smallest absolute Gasteiger partial charge is 0.356 e. The highest BCUT2D eigenvalue weighted by Crippen LogP contribution is 2.18. The second-order valence-electron chi connectivity index (χ2n) is 4.50. The standard InChI is InChI=1S/C13H21F3N4S.HI/c1-4-10-9(2)21-11(20-10)5-7-18-12(17-3)19-8-6-13(14,15)16;/h4-8H2,1-3H3,(H2,17,18,19);1H. The van der Waals surface area contributed by atoms with Crippen molar-refractivity contribution in [1.82, 2.24) is 15.6 Å². The van der Waals surface area contributed by atoms with Gasteiger partial charge in [-0.15, -0.1) is 35.3 Å². The Bertz CT molecular complexity index is 474. The van der Waals surface area contributed by atoms with Gasteiger partial charge in [-0.3, -0.25) is 4.99 Å². The van der Waals surface area contributed by atoms with Crippen molar-refractivity contribution in [3.05, 3.63) is 15.6 Å². The Morgan fingerprint density at radius 1 is 1.27 bits per heavy atom. The molecule has 0 spiro atoms. The molecule has 0 amide bonds. The van der Waals surface area contributed by atoms with E-state index in [-0.39, 0.29) is 30.5 Å². The first kappa shape index (κ1) is 21.4. The van der Waals surface area contributed by atoms with Crippen molar-refractivity contribution in [1.29, 1.82) is 0 Å². The summed E-state index contributed by atoms with van der Waals surface area (Å²) in [6, 6.07) is 0. The number of nitrogens with one attached hydrogen (secondary N) is 2. The largest absolute Gasteiger partial charge is 0.390 e. The molecule has 2 N–H and O–H groups in total. The van der Waals surface area contributed by atoms with E-state index < -0.39 is 12.6 Å². The van der Waals surface area contributed by atoms with E-state index in [1.165, 1.54) is 11.9 Å². The quantitative estimate of drug-likeness (QED) is 0.398. The van der Waals surface area contributed by atoms with Gasteiger partial charge in [0.25, 0.3) is 0 Å². The Kier molecular flexibility index (Phi) is 9.97. The molecule has 1 heterocycles. The first-order valence-corrected chi connectivity index (χ1v) is 7.63. The zero-order valence-corrected chi connectivity index (χ0v) is 16.0. The van der Waals surface area contributed by atoms with E-state index in [2.05, 4.69) is 27.5 Å². The average Bonchev–Trinajstić information content (AvgIpc) is 2.76. The highest BCUT2D eigenvalue weighted by atomic mass is 127. The Morgan fingerprint density at radius 3 is 2.41 bits per heavy atom. The molecule has 1 rings (SSSR count). The molecule has 128 valence electrons. The summed E-state index contributed by atoms with van der Waals surface area (Å²) in [5, 5.41) is 6.66. The summed E-state index contributed by atoms with van der Waals surface area (Å²) in [4.78, 5) is 9.63. The van der Waals surface area contributed by atoms with Crippen LogP contribution in [0.3, 0.4) is 0 Å². The number of alkyl halides is 3. The lowest BCUT2D eigenvalue weighted by molar-refractivity contribution is -0.132. The number of hydrogen-bond acceptors (Lipinski definition) is 3. The lowest BCUT2D eigenvalue weighted by Crippen LogP contribution is -2.39. The summed E-state index contributed by atoms with van der Waals surface area (Å²) in [7, 11) is 1.53. The number of guanidine groups is 1. The molecular formula is C13H22F3IN4S. The van der Waals surface area contributed by atoms with Gasteiger partial charge in [0.1, 0.15) is 0 Å². The van der Waals surface area contributed by atoms with E-state index in [4.69, 9.17) is 0 Å². The Hall–Kier alpha value is -0.580. The van der Waals surface area contributed by atoms with Gasteiger partial charge in [0, 0.05) is 31.4 Å². The van der Waals surface area contributed by atoms with Gasteiger partial charge < -0.3 is 10.6 Å². The normalized spacial score (nSPS) is 12.0. The SMILES string of the molecule is CCc1nc(CCNC(=NC)NCCC(F)(F)F)sc1C.I. The van der Waals surface area contributed by atoms with Crippen LogP contribution in [0.1, 0.15) is 28.9 Å². The predicted molar refractivity (Wildman–Crippen MR) is 95.4 cm³/mol. The van der Waals surface area contributed by atoms with Crippen LogP contribution in [0.2, 0.25) is 0 Å². The van der Waals surface area contributed by atoms with Crippen molar-refractivity contribution in [3.63, 3.8) is 0 Å². The van der Waals surface area contributed by atoms with Gasteiger partial charge in [-0.1, -0.05) is 6.92 Å². The third-order valence-corrected chi connectivity index (χ3v) is 3.90. The number of rotatable bonds is 6. The van der Waals surface area contributed by atoms with Crippen molar-refractivity contribution < 1.29 is 13.2 Å². The fourth-order valence-electron chi connectivity index (χ4n) is 1.75. The number of nitrogens with zero attached hydrogens (tertiary/aromatic N) is 2. The van der Waals surface area contributed by atoms with Gasteiger partial charge in [-0.2, -0.15) is 13.2 Å². The maximum Gasteiger partial charge on any atom is 0.390 e. The number of thiazole rings is 1. The fourth-order valence-corrected chi connectivity index (χ4v) is 2.77. The molecule has 9 heteroatoms. The molecule has 0 aliphatic heterocycles. The minimum atomic E-state index is -4.15. The van der Waals surface area contributed by atoms with Gasteiger partial charge in [0.05, 0.1) is 17.1 Å². The zero-order valence-electron chi connectivity index (χ0n) is 12.9. The molecule has 1 aromatic heterocycles. The minimum absolute atomic E-state index is 0. The minimum Gasteiger partial charge on any atom is -0.356 e. The maximum atomic E-state index is 12.0. The third-order valence-electron chi connectivity index (χ3n) is 2.83. The van der Waals surface area contributed by atoms with Crippen LogP contribution in [0.25, 0.3) is 0 Å². The highest BCUT2D eigenvalue weighted by molar-refractivity contribution is 14.0. The van der Waals surface area contributed by atoms with Gasteiger partial charge in [-0.05, 0) is 13.3 Å². The number of aliphatic imine (C=N–C) groups is 1. The summed E-state index contributed by atoms with van der Waals surface area (Å²) in [6.07, 6.45) is -3.39. The van der Waals surface area contributed by atoms with Crippen LogP contribution in [0.4, 0.5) is 13.2 Å². The zero-order chi connectivity index (χ0) is 15.9. The number of aryl methyl sites for hydroxylation is 2. The molecule has 0 saturated heterocycles. The van der Waals surface area contributed by atoms with Crippen molar-refractivity contribution in [3.8, 4) is 0 Å². The summed E-state index contributed by atoms with van der Waals surface area (Å²) in [5.74, 6) is 0.378. The number of hydrogen-bond donors (Lipinski definition) is 2. The molecule has 4 nitrogen and oxygen atoms in total. The first-order valence-electron chi connectivity index (χ1n) is 6.82. The lowest BCUT2D eigenvalue weighted by Gasteiger charge is -2.12. The van der Waals surface area contributed by atoms with E-state index in [0.717, 1.165) is 23.5 Å². The molecule has 1 aromatic rings. The van der Waals surface area contributed by atoms with E-state index in [1.807, 2.05) is 6.92 Å². The summed E-state index contributed by atoms with van der Waals surface area (Å²) in [5.41, 5.74) is 1.11. The van der Waals surface area contributed by atoms with Gasteiger partial charge in [0.15, 0.2) is 5.96 Å². The van der Waals surface area contributed by atoms with Gasteiger partial charge >= 0.3 is 6.18 Å². The summed E-state index contributed by atoms with van der Waals surface area (Å²) >= 11 is 1.66. The van der Waals surface area contributed by atoms with E-state index >= 15 is 0 Å². The molecule has 0 unspecified atom stereocenters. The van der Waals surface area contributed by atoms with Crippen molar-refractivity contribution in [2.45, 2.75) is 39.3 Å². The number of halogens is 4. The maximum absolute atomic E-state index is 12.0. The van der Waals surface area contributed by atoms with Crippen LogP contribution in [0, 0.1) is 6.92 Å². The van der Waals surface area contributed by atoms with Crippen LogP contribution in [-0.2, 0) is 12.8 Å². The van der Waals surface area contributed by atoms with Crippen LogP contribution in [0.15, 0.2) is 4.99 Å². The molecule has 0 atom stereocenters. The molecule has 22 heavy (non-hydrogen) atoms. The second kappa shape index (κ2) is 10.2. The van der Waals surface area contributed by atoms with E-state index in [1.54, 1.807) is 11.3 Å². The lowest BCUT2D eigenvalue weighted by atomic mass is 10.3. The van der Waals surface area contributed by atoms with Crippen LogP contribution in [-0.4, -0.2) is 37.3 Å². The first-order chi connectivity index (χ1) is 9.85. The van der Waals surface area contributed by atoms with Crippen LogP contribution >= 0.6 is 35.3 Å². The molecule has 0 bridgehead atoms. The second-order valence-corrected chi connectivity index (χ2v) is 5.79.